The Morgan fingerprint density at radius 3 is 2.36 bits per heavy atom. The number of aryl methyl sites for hydroxylation is 1. The van der Waals surface area contributed by atoms with Gasteiger partial charge in [-0.1, -0.05) is 46.5 Å². The maximum absolute atomic E-state index is 12.3. The van der Waals surface area contributed by atoms with Crippen LogP contribution in [-0.4, -0.2) is 50.3 Å². The molecule has 3 rings (SSSR count). The zero-order valence-electron chi connectivity index (χ0n) is 18.3. The number of unbranched alkanes of at least 4 members (excludes halogenated alkanes) is 3. The highest BCUT2D eigenvalue weighted by molar-refractivity contribution is 5.90. The first-order chi connectivity index (χ1) is 13.5. The van der Waals surface area contributed by atoms with Gasteiger partial charge in [0.2, 0.25) is 0 Å². The zero-order chi connectivity index (χ0) is 20.4. The van der Waals surface area contributed by atoms with Gasteiger partial charge in [-0.2, -0.15) is 0 Å². The highest BCUT2D eigenvalue weighted by Gasteiger charge is 2.20. The summed E-state index contributed by atoms with van der Waals surface area (Å²) in [7, 11) is 0. The highest BCUT2D eigenvalue weighted by atomic mass is 16.5. The summed E-state index contributed by atoms with van der Waals surface area (Å²) in [5, 5.41) is 3.02. The molecule has 0 saturated carbocycles. The number of benzene rings is 1. The monoisotopic (exact) mass is 389 g/mol. The van der Waals surface area contributed by atoms with Gasteiger partial charge in [0.25, 0.3) is 0 Å². The maximum Gasteiger partial charge on any atom is 0.322 e. The van der Waals surface area contributed by atoms with Crippen molar-refractivity contribution >= 4 is 17.4 Å². The third kappa shape index (κ3) is 7.01. The molecule has 2 aliphatic rings. The van der Waals surface area contributed by atoms with Gasteiger partial charge in [-0.05, 0) is 43.0 Å². The Labute approximate surface area is 171 Å². The number of anilines is 2. The van der Waals surface area contributed by atoms with Crippen LogP contribution in [0.5, 0.6) is 0 Å². The average Bonchev–Trinajstić information content (AvgIpc) is 3.15. The van der Waals surface area contributed by atoms with Crippen molar-refractivity contribution in [3.8, 4) is 0 Å². The number of hydrogen-bond acceptors (Lipinski definition) is 3. The molecule has 2 amide bonds. The van der Waals surface area contributed by atoms with E-state index in [0.29, 0.717) is 26.3 Å². The SMILES string of the molecule is CCCCCC.Cc1cc(N2CCC(C)C2)ccc1NC(=O)N1CCOCC1. The summed E-state index contributed by atoms with van der Waals surface area (Å²) in [6.07, 6.45) is 6.79. The minimum Gasteiger partial charge on any atom is -0.378 e. The van der Waals surface area contributed by atoms with Crippen molar-refractivity contribution in [2.24, 2.45) is 5.92 Å². The summed E-state index contributed by atoms with van der Waals surface area (Å²) in [6.45, 7) is 13.6. The van der Waals surface area contributed by atoms with E-state index in [1.807, 2.05) is 6.07 Å². The molecule has 2 saturated heterocycles. The van der Waals surface area contributed by atoms with E-state index >= 15 is 0 Å². The van der Waals surface area contributed by atoms with Crippen molar-refractivity contribution in [2.45, 2.75) is 59.8 Å². The van der Waals surface area contributed by atoms with E-state index in [1.165, 1.54) is 37.8 Å². The number of nitrogens with one attached hydrogen (secondary N) is 1. The van der Waals surface area contributed by atoms with Crippen LogP contribution in [0.15, 0.2) is 18.2 Å². The Balaban J connectivity index is 0.000000409. The molecule has 158 valence electrons. The Kier molecular flexibility index (Phi) is 9.62. The Bertz CT molecular complexity index is 596. The number of carbonyl (C=O) groups excluding carboxylic acids is 1. The standard InChI is InChI=1S/C17H25N3O2.C6H14/c1-13-5-6-20(12-13)15-3-4-16(14(2)11-15)18-17(21)19-7-9-22-10-8-19;1-3-5-6-4-2/h3-4,11,13H,5-10,12H2,1-2H3,(H,18,21);3-6H2,1-2H3. The smallest absolute Gasteiger partial charge is 0.322 e. The fourth-order valence-corrected chi connectivity index (χ4v) is 3.62. The molecule has 0 bridgehead atoms. The number of rotatable bonds is 5. The van der Waals surface area contributed by atoms with E-state index in [2.05, 4.69) is 50.0 Å². The van der Waals surface area contributed by atoms with E-state index in [1.54, 1.807) is 4.90 Å². The van der Waals surface area contributed by atoms with Gasteiger partial charge in [0.15, 0.2) is 0 Å². The first-order valence-electron chi connectivity index (χ1n) is 11.0. The maximum atomic E-state index is 12.3. The number of amides is 2. The summed E-state index contributed by atoms with van der Waals surface area (Å²) in [6, 6.07) is 6.27. The molecule has 1 aromatic carbocycles. The molecular formula is C23H39N3O2. The quantitative estimate of drug-likeness (QED) is 0.696. The lowest BCUT2D eigenvalue weighted by Gasteiger charge is -2.27. The molecule has 1 aromatic rings. The van der Waals surface area contributed by atoms with Gasteiger partial charge >= 0.3 is 6.03 Å². The minimum absolute atomic E-state index is 0.0334. The molecule has 1 atom stereocenters. The van der Waals surface area contributed by atoms with Crippen molar-refractivity contribution in [1.82, 2.24) is 4.90 Å². The molecule has 28 heavy (non-hydrogen) atoms. The molecule has 0 spiro atoms. The van der Waals surface area contributed by atoms with Gasteiger partial charge in [0.1, 0.15) is 0 Å². The molecule has 5 heteroatoms. The second kappa shape index (κ2) is 11.9. The average molecular weight is 390 g/mol. The molecule has 5 nitrogen and oxygen atoms in total. The minimum atomic E-state index is -0.0334. The van der Waals surface area contributed by atoms with E-state index in [0.717, 1.165) is 30.3 Å². The van der Waals surface area contributed by atoms with Crippen LogP contribution in [0.1, 0.15) is 58.4 Å². The van der Waals surface area contributed by atoms with Crippen LogP contribution in [0.3, 0.4) is 0 Å². The third-order valence-corrected chi connectivity index (χ3v) is 5.50. The first-order valence-corrected chi connectivity index (χ1v) is 11.0. The van der Waals surface area contributed by atoms with E-state index in [4.69, 9.17) is 4.74 Å². The fraction of sp³-hybridized carbons (Fsp3) is 0.696. The second-order valence-corrected chi connectivity index (χ2v) is 8.08. The van der Waals surface area contributed by atoms with Crippen LogP contribution >= 0.6 is 0 Å². The van der Waals surface area contributed by atoms with Crippen LogP contribution in [0.4, 0.5) is 16.2 Å². The normalized spacial score (nSPS) is 19.2. The van der Waals surface area contributed by atoms with Crippen molar-refractivity contribution in [3.05, 3.63) is 23.8 Å². The predicted octanol–water partition coefficient (Wildman–Crippen LogP) is 5.29. The summed E-state index contributed by atoms with van der Waals surface area (Å²) in [5.74, 6) is 0.765. The van der Waals surface area contributed by atoms with Gasteiger partial charge in [0, 0.05) is 37.6 Å². The van der Waals surface area contributed by atoms with Crippen molar-refractivity contribution in [3.63, 3.8) is 0 Å². The zero-order valence-corrected chi connectivity index (χ0v) is 18.3. The van der Waals surface area contributed by atoms with Crippen LogP contribution in [0.2, 0.25) is 0 Å². The largest absolute Gasteiger partial charge is 0.378 e. The topological polar surface area (TPSA) is 44.8 Å². The summed E-state index contributed by atoms with van der Waals surface area (Å²) < 4.78 is 5.28. The van der Waals surface area contributed by atoms with Crippen LogP contribution < -0.4 is 10.2 Å². The van der Waals surface area contributed by atoms with E-state index in [9.17, 15) is 4.79 Å². The lowest BCUT2D eigenvalue weighted by atomic mass is 10.1. The van der Waals surface area contributed by atoms with Crippen molar-refractivity contribution in [2.75, 3.05) is 49.6 Å². The molecule has 0 radical (unpaired) electrons. The van der Waals surface area contributed by atoms with Crippen molar-refractivity contribution < 1.29 is 9.53 Å². The Morgan fingerprint density at radius 2 is 1.82 bits per heavy atom. The molecule has 2 fully saturated rings. The number of morpholine rings is 1. The third-order valence-electron chi connectivity index (χ3n) is 5.50. The summed E-state index contributed by atoms with van der Waals surface area (Å²) >= 11 is 0. The Morgan fingerprint density at radius 1 is 1.14 bits per heavy atom. The second-order valence-electron chi connectivity index (χ2n) is 8.08. The lowest BCUT2D eigenvalue weighted by molar-refractivity contribution is 0.0564. The number of carbonyl (C=O) groups is 1. The molecule has 0 aromatic heterocycles. The number of hydrogen-bond donors (Lipinski definition) is 1. The van der Waals surface area contributed by atoms with Gasteiger partial charge < -0.3 is 19.9 Å². The number of urea groups is 1. The van der Waals surface area contributed by atoms with Gasteiger partial charge in [-0.25, -0.2) is 4.79 Å². The van der Waals surface area contributed by atoms with Gasteiger partial charge in [-0.15, -0.1) is 0 Å². The Hall–Kier alpha value is -1.75. The van der Waals surface area contributed by atoms with Gasteiger partial charge in [0.05, 0.1) is 13.2 Å². The highest BCUT2D eigenvalue weighted by Crippen LogP contribution is 2.27. The van der Waals surface area contributed by atoms with E-state index < -0.39 is 0 Å². The molecule has 0 aliphatic carbocycles. The molecule has 2 heterocycles. The van der Waals surface area contributed by atoms with Gasteiger partial charge in [-0.3, -0.25) is 0 Å². The lowest BCUT2D eigenvalue weighted by Crippen LogP contribution is -2.43. The van der Waals surface area contributed by atoms with Crippen LogP contribution in [-0.2, 0) is 4.74 Å². The summed E-state index contributed by atoms with van der Waals surface area (Å²) in [4.78, 5) is 16.5. The van der Waals surface area contributed by atoms with Crippen LogP contribution in [0, 0.1) is 12.8 Å². The molecule has 1 unspecified atom stereocenters. The number of nitrogens with zero attached hydrogens (tertiary/aromatic N) is 2. The molecular weight excluding hydrogens is 350 g/mol. The fourth-order valence-electron chi connectivity index (χ4n) is 3.62. The molecule has 2 aliphatic heterocycles. The number of ether oxygens (including phenoxy) is 1. The predicted molar refractivity (Wildman–Crippen MR) is 118 cm³/mol. The van der Waals surface area contributed by atoms with Crippen molar-refractivity contribution in [1.29, 1.82) is 0 Å². The summed E-state index contributed by atoms with van der Waals surface area (Å²) in [5.41, 5.74) is 3.26. The first kappa shape index (κ1) is 22.5. The van der Waals surface area contributed by atoms with E-state index in [-0.39, 0.29) is 6.03 Å². The molecule has 1 N–H and O–H groups in total. The van der Waals surface area contributed by atoms with Crippen LogP contribution in [0.25, 0.3) is 0 Å².